The summed E-state index contributed by atoms with van der Waals surface area (Å²) in [4.78, 5) is -0.206. The fourth-order valence-electron chi connectivity index (χ4n) is 1.57. The van der Waals surface area contributed by atoms with Gasteiger partial charge in [0.15, 0.2) is 0 Å². The number of hydrogen-bond donors (Lipinski definition) is 2. The average Bonchev–Trinajstić information content (AvgIpc) is 2.57. The molecule has 1 heterocycles. The quantitative estimate of drug-likeness (QED) is 0.625. The van der Waals surface area contributed by atoms with Crippen LogP contribution in [0.1, 0.15) is 13.3 Å². The van der Waals surface area contributed by atoms with E-state index in [0.717, 1.165) is 5.71 Å². The number of amidine groups is 1. The van der Waals surface area contributed by atoms with Crippen molar-refractivity contribution >= 4 is 56.9 Å². The van der Waals surface area contributed by atoms with E-state index < -0.39 is 10.1 Å². The van der Waals surface area contributed by atoms with E-state index >= 15 is 0 Å². The van der Waals surface area contributed by atoms with Crippen molar-refractivity contribution in [3.63, 3.8) is 0 Å². The molecule has 1 aromatic carbocycles. The largest absolute Gasteiger partial charge is 0.294 e. The van der Waals surface area contributed by atoms with Crippen LogP contribution >= 0.6 is 0 Å². The molecule has 1 aliphatic rings. The van der Waals surface area contributed by atoms with Crippen LogP contribution in [0.2, 0.25) is 0 Å². The molecule has 0 fully saturated rings. The summed E-state index contributed by atoms with van der Waals surface area (Å²) in [6, 6.07) is 5.70. The van der Waals surface area contributed by atoms with E-state index in [1.54, 1.807) is 13.0 Å². The van der Waals surface area contributed by atoms with E-state index in [0.29, 0.717) is 12.1 Å². The predicted octanol–water partition coefficient (Wildman–Crippen LogP) is 1.12. The van der Waals surface area contributed by atoms with Gasteiger partial charge in [0, 0.05) is 41.7 Å². The van der Waals surface area contributed by atoms with Gasteiger partial charge >= 0.3 is 0 Å². The molecule has 0 spiro atoms. The van der Waals surface area contributed by atoms with Gasteiger partial charge < -0.3 is 0 Å². The van der Waals surface area contributed by atoms with Crippen LogP contribution in [0.4, 0.5) is 5.69 Å². The second kappa shape index (κ2) is 5.50. The van der Waals surface area contributed by atoms with E-state index in [1.165, 1.54) is 23.2 Å². The average molecular weight is 276 g/mol. The number of benzene rings is 1. The van der Waals surface area contributed by atoms with Crippen molar-refractivity contribution < 1.29 is 13.0 Å². The molecule has 0 aromatic heterocycles. The Kier molecular flexibility index (Phi) is 4.68. The fraction of sp³-hybridized carbons (Fsp3) is 0.200. The van der Waals surface area contributed by atoms with Crippen LogP contribution in [-0.4, -0.2) is 54.1 Å². The molecule has 6 nitrogen and oxygen atoms in total. The zero-order valence-corrected chi connectivity index (χ0v) is 12.9. The van der Waals surface area contributed by atoms with Gasteiger partial charge in [-0.2, -0.15) is 13.5 Å². The van der Waals surface area contributed by atoms with Crippen LogP contribution in [0.25, 0.3) is 0 Å². The molecule has 0 unspecified atom stereocenters. The van der Waals surface area contributed by atoms with Crippen molar-refractivity contribution in [3.8, 4) is 0 Å². The van der Waals surface area contributed by atoms with Gasteiger partial charge in [0.2, 0.25) is 0 Å². The molecular weight excluding hydrogens is 265 g/mol. The molecule has 8 heteroatoms. The maximum atomic E-state index is 11.0. The van der Waals surface area contributed by atoms with Crippen molar-refractivity contribution in [2.24, 2.45) is 5.10 Å². The summed E-state index contributed by atoms with van der Waals surface area (Å²) in [5, 5.41) is 13.2. The van der Waals surface area contributed by atoms with Gasteiger partial charge in [-0.25, -0.2) is 5.01 Å². The molecule has 0 saturated heterocycles. The third-order valence-corrected chi connectivity index (χ3v) is 3.16. The normalized spacial score (nSPS) is 15.3. The molecule has 91 valence electrons. The molecular formula is C10H11N3NaO3S. The molecule has 2 N–H and O–H groups in total. The summed E-state index contributed by atoms with van der Waals surface area (Å²) >= 11 is 0. The molecule has 0 aliphatic carbocycles. The maximum Gasteiger partial charge on any atom is 0.294 e. The molecule has 2 rings (SSSR count). The number of hydrogen-bond acceptors (Lipinski definition) is 4. The summed E-state index contributed by atoms with van der Waals surface area (Å²) in [5.74, 6) is 0.273. The second-order valence-electron chi connectivity index (χ2n) is 3.74. The number of nitrogens with one attached hydrogen (secondary N) is 1. The zero-order valence-electron chi connectivity index (χ0n) is 10.1. The number of anilines is 1. The van der Waals surface area contributed by atoms with Gasteiger partial charge in [-0.15, -0.1) is 0 Å². The summed E-state index contributed by atoms with van der Waals surface area (Å²) in [5.41, 5.74) is 1.23. The van der Waals surface area contributed by atoms with Crippen LogP contribution in [-0.2, 0) is 10.1 Å². The van der Waals surface area contributed by atoms with E-state index in [-0.39, 0.29) is 40.3 Å². The van der Waals surface area contributed by atoms with Crippen LogP contribution in [0.15, 0.2) is 34.3 Å². The maximum absolute atomic E-state index is 11.0. The summed E-state index contributed by atoms with van der Waals surface area (Å²) in [7, 11) is -4.23. The van der Waals surface area contributed by atoms with E-state index in [4.69, 9.17) is 9.96 Å². The Labute approximate surface area is 127 Å². The molecule has 0 atom stereocenters. The minimum Gasteiger partial charge on any atom is -0.286 e. The number of rotatable bonds is 2. The third kappa shape index (κ3) is 3.18. The molecule has 0 amide bonds. The minimum absolute atomic E-state index is 0. The van der Waals surface area contributed by atoms with Gasteiger partial charge in [0.25, 0.3) is 10.1 Å². The zero-order chi connectivity index (χ0) is 12.6. The van der Waals surface area contributed by atoms with Crippen molar-refractivity contribution in [2.45, 2.75) is 18.2 Å². The smallest absolute Gasteiger partial charge is 0.286 e. The van der Waals surface area contributed by atoms with Crippen LogP contribution in [0, 0.1) is 5.41 Å². The molecule has 0 bridgehead atoms. The number of hydrazone groups is 1. The Morgan fingerprint density at radius 1 is 1.44 bits per heavy atom. The molecule has 1 radical (unpaired) electrons. The van der Waals surface area contributed by atoms with Gasteiger partial charge in [-0.1, -0.05) is 6.07 Å². The SMILES string of the molecule is CC1=NN(c2cccc(S(=O)(=O)O)c2)C(=N)C1.[Na]. The summed E-state index contributed by atoms with van der Waals surface area (Å²) in [6.07, 6.45) is 0.441. The van der Waals surface area contributed by atoms with Crippen LogP contribution in [0.5, 0.6) is 0 Å². The van der Waals surface area contributed by atoms with Crippen LogP contribution < -0.4 is 5.01 Å². The second-order valence-corrected chi connectivity index (χ2v) is 5.16. The molecule has 0 saturated carbocycles. The van der Waals surface area contributed by atoms with Crippen molar-refractivity contribution in [2.75, 3.05) is 5.01 Å². The Bertz CT molecular complexity index is 613. The first-order valence-electron chi connectivity index (χ1n) is 4.87. The van der Waals surface area contributed by atoms with E-state index in [2.05, 4.69) is 5.10 Å². The first-order valence-corrected chi connectivity index (χ1v) is 6.31. The molecule has 18 heavy (non-hydrogen) atoms. The summed E-state index contributed by atoms with van der Waals surface area (Å²) in [6.45, 7) is 1.79. The predicted molar refractivity (Wildman–Crippen MR) is 69.9 cm³/mol. The monoisotopic (exact) mass is 276 g/mol. The molecule has 1 aromatic rings. The number of nitrogens with zero attached hydrogens (tertiary/aromatic N) is 2. The third-order valence-electron chi connectivity index (χ3n) is 2.31. The first-order chi connectivity index (χ1) is 7.88. The summed E-state index contributed by atoms with van der Waals surface area (Å²) < 4.78 is 30.9. The van der Waals surface area contributed by atoms with Crippen LogP contribution in [0.3, 0.4) is 0 Å². The van der Waals surface area contributed by atoms with Gasteiger partial charge in [0.05, 0.1) is 10.6 Å². The fourth-order valence-corrected chi connectivity index (χ4v) is 2.09. The Morgan fingerprint density at radius 3 is 2.61 bits per heavy atom. The van der Waals surface area contributed by atoms with Gasteiger partial charge in [0.1, 0.15) is 5.84 Å². The van der Waals surface area contributed by atoms with Gasteiger partial charge in [-0.05, 0) is 25.1 Å². The van der Waals surface area contributed by atoms with Crippen molar-refractivity contribution in [3.05, 3.63) is 24.3 Å². The topological polar surface area (TPSA) is 93.8 Å². The Hall–Kier alpha value is -0.730. The van der Waals surface area contributed by atoms with E-state index in [1.807, 2.05) is 0 Å². The minimum atomic E-state index is -4.23. The first kappa shape index (κ1) is 15.3. The Morgan fingerprint density at radius 2 is 2.11 bits per heavy atom. The van der Waals surface area contributed by atoms with Gasteiger partial charge in [-0.3, -0.25) is 9.96 Å². The Balaban J connectivity index is 0.00000162. The van der Waals surface area contributed by atoms with Crippen molar-refractivity contribution in [1.29, 1.82) is 5.41 Å². The van der Waals surface area contributed by atoms with E-state index in [9.17, 15) is 8.42 Å². The molecule has 1 aliphatic heterocycles. The van der Waals surface area contributed by atoms with Crippen molar-refractivity contribution in [1.82, 2.24) is 0 Å². The standard InChI is InChI=1S/C10H11N3O3S.Na/c1-7-5-10(11)13(12-7)8-3-2-4-9(6-8)17(14,15)16;/h2-4,6,11H,5H2,1H3,(H,14,15,16);.